The lowest BCUT2D eigenvalue weighted by Crippen LogP contribution is -2.37. The molecule has 1 aromatic carbocycles. The van der Waals surface area contributed by atoms with Gasteiger partial charge < -0.3 is 10.1 Å². The zero-order valence-electron chi connectivity index (χ0n) is 20.0. The topological polar surface area (TPSA) is 99.9 Å². The van der Waals surface area contributed by atoms with E-state index >= 15 is 0 Å². The van der Waals surface area contributed by atoms with Crippen molar-refractivity contribution in [1.82, 2.24) is 30.1 Å². The molecule has 1 atom stereocenters. The number of hydrogen-bond donors (Lipinski definition) is 2. The van der Waals surface area contributed by atoms with Gasteiger partial charge in [-0.15, -0.1) is 5.10 Å². The van der Waals surface area contributed by atoms with Crippen LogP contribution in [0.15, 0.2) is 29.1 Å². The van der Waals surface area contributed by atoms with Gasteiger partial charge in [0.1, 0.15) is 0 Å². The molecular weight excluding hydrogens is 416 g/mol. The maximum atomic E-state index is 13.0. The number of aryl methyl sites for hydroxylation is 1. The van der Waals surface area contributed by atoms with Gasteiger partial charge in [-0.25, -0.2) is 4.68 Å². The highest BCUT2D eigenvalue weighted by Gasteiger charge is 2.32. The van der Waals surface area contributed by atoms with Crippen LogP contribution >= 0.6 is 0 Å². The lowest BCUT2D eigenvalue weighted by molar-refractivity contribution is 0.120. The molecule has 0 spiro atoms. The van der Waals surface area contributed by atoms with Crippen molar-refractivity contribution in [3.8, 4) is 0 Å². The number of hydrogen-bond acceptors (Lipinski definition) is 6. The maximum Gasteiger partial charge on any atom is 0.252 e. The van der Waals surface area contributed by atoms with Gasteiger partial charge in [0.05, 0.1) is 12.1 Å². The molecule has 1 fully saturated rings. The van der Waals surface area contributed by atoms with E-state index in [1.807, 2.05) is 16.8 Å². The van der Waals surface area contributed by atoms with E-state index in [1.54, 1.807) is 0 Å². The first-order chi connectivity index (χ1) is 16.0. The maximum absolute atomic E-state index is 13.0. The lowest BCUT2D eigenvalue weighted by Gasteiger charge is -2.34. The van der Waals surface area contributed by atoms with Gasteiger partial charge >= 0.3 is 0 Å². The van der Waals surface area contributed by atoms with E-state index in [2.05, 4.69) is 58.3 Å². The Bertz CT molecular complexity index is 1120. The molecule has 1 saturated carbocycles. The molecular formula is C25H36N6O2. The lowest BCUT2D eigenvalue weighted by atomic mass is 9.99. The fourth-order valence-electron chi connectivity index (χ4n) is 5.13. The van der Waals surface area contributed by atoms with Crippen molar-refractivity contribution in [1.29, 1.82) is 0 Å². The van der Waals surface area contributed by atoms with Crippen molar-refractivity contribution in [2.24, 2.45) is 5.92 Å². The Morgan fingerprint density at radius 3 is 2.73 bits per heavy atom. The zero-order chi connectivity index (χ0) is 23.4. The normalized spacial score (nSPS) is 15.8. The number of tetrazole rings is 1. The molecule has 3 aromatic rings. The number of rotatable bonds is 10. The Morgan fingerprint density at radius 2 is 2.03 bits per heavy atom. The van der Waals surface area contributed by atoms with Crippen LogP contribution < -0.4 is 5.56 Å². The van der Waals surface area contributed by atoms with Crippen molar-refractivity contribution < 1.29 is 5.11 Å². The van der Waals surface area contributed by atoms with Crippen LogP contribution in [0.5, 0.6) is 0 Å². The van der Waals surface area contributed by atoms with Crippen molar-refractivity contribution in [2.75, 3.05) is 13.2 Å². The second kappa shape index (κ2) is 10.6. The molecule has 0 saturated heterocycles. The highest BCUT2D eigenvalue weighted by molar-refractivity contribution is 5.79. The van der Waals surface area contributed by atoms with Gasteiger partial charge in [-0.2, -0.15) is 0 Å². The summed E-state index contributed by atoms with van der Waals surface area (Å²) in [7, 11) is 0. The Kier molecular flexibility index (Phi) is 7.55. The number of aliphatic hydroxyl groups is 1. The molecule has 33 heavy (non-hydrogen) atoms. The first kappa shape index (κ1) is 23.6. The number of aromatic amines is 1. The second-order valence-electron chi connectivity index (χ2n) is 9.56. The van der Waals surface area contributed by atoms with Crippen molar-refractivity contribution in [2.45, 2.75) is 77.9 Å². The van der Waals surface area contributed by atoms with Gasteiger partial charge in [0.15, 0.2) is 5.82 Å². The fourth-order valence-corrected chi connectivity index (χ4v) is 5.13. The summed E-state index contributed by atoms with van der Waals surface area (Å²) in [5.74, 6) is 1.10. The van der Waals surface area contributed by atoms with Crippen molar-refractivity contribution in [3.05, 3.63) is 51.6 Å². The molecule has 8 nitrogen and oxygen atoms in total. The number of fused-ring (bicyclic) bond motifs is 1. The Hall–Kier alpha value is -2.58. The summed E-state index contributed by atoms with van der Waals surface area (Å²) in [5.41, 5.74) is 2.75. The number of H-pyrrole nitrogens is 1. The molecule has 8 heteroatoms. The third-order valence-corrected chi connectivity index (χ3v) is 6.85. The molecule has 1 aliphatic carbocycles. The minimum atomic E-state index is -0.0707. The predicted octanol–water partition coefficient (Wildman–Crippen LogP) is 3.77. The quantitative estimate of drug-likeness (QED) is 0.486. The number of benzene rings is 1. The summed E-state index contributed by atoms with van der Waals surface area (Å²) < 4.78 is 2.02. The van der Waals surface area contributed by atoms with Crippen LogP contribution in [0.1, 0.15) is 81.9 Å². The zero-order valence-corrected chi connectivity index (χ0v) is 20.0. The van der Waals surface area contributed by atoms with Crippen LogP contribution in [0.25, 0.3) is 10.9 Å². The number of nitrogens with zero attached hydrogens (tertiary/aromatic N) is 5. The molecule has 0 radical (unpaired) electrons. The molecule has 0 amide bonds. The van der Waals surface area contributed by atoms with E-state index in [-0.39, 0.29) is 24.1 Å². The van der Waals surface area contributed by atoms with Crippen LogP contribution in [-0.2, 0) is 13.0 Å². The van der Waals surface area contributed by atoms with Crippen LogP contribution in [0.4, 0.5) is 0 Å². The highest BCUT2D eigenvalue weighted by atomic mass is 16.3. The van der Waals surface area contributed by atoms with E-state index in [4.69, 9.17) is 0 Å². The average molecular weight is 453 g/mol. The van der Waals surface area contributed by atoms with Crippen LogP contribution in [0, 0.1) is 5.92 Å². The van der Waals surface area contributed by atoms with Gasteiger partial charge in [-0.05, 0) is 71.2 Å². The number of nitrogens with one attached hydrogen (secondary N) is 1. The molecule has 2 N–H and O–H groups in total. The molecule has 0 bridgehead atoms. The van der Waals surface area contributed by atoms with E-state index < -0.39 is 0 Å². The minimum absolute atomic E-state index is 0.0516. The smallest absolute Gasteiger partial charge is 0.252 e. The van der Waals surface area contributed by atoms with Gasteiger partial charge in [-0.3, -0.25) is 9.69 Å². The molecule has 0 unspecified atom stereocenters. The Morgan fingerprint density at radius 1 is 1.24 bits per heavy atom. The van der Waals surface area contributed by atoms with Gasteiger partial charge in [0.25, 0.3) is 5.56 Å². The number of aliphatic hydroxyl groups excluding tert-OH is 1. The van der Waals surface area contributed by atoms with E-state index in [9.17, 15) is 9.90 Å². The summed E-state index contributed by atoms with van der Waals surface area (Å²) in [6.45, 7) is 7.70. The summed E-state index contributed by atoms with van der Waals surface area (Å²) >= 11 is 0. The van der Waals surface area contributed by atoms with Crippen LogP contribution in [-0.4, -0.2) is 48.3 Å². The molecule has 0 aliphatic heterocycles. The minimum Gasteiger partial charge on any atom is -0.396 e. The predicted molar refractivity (Wildman–Crippen MR) is 129 cm³/mol. The monoisotopic (exact) mass is 452 g/mol. The molecule has 2 heterocycles. The standard InChI is InChI=1S/C25H36N6O2/c1-4-18-10-11-22-19(14-18)15-20(25(33)26-22)16-30(12-7-13-32)23(17(2)3)24-27-28-29-31(24)21-8-5-6-9-21/h10-11,14-15,17,21,23,32H,4-9,12-13,16H2,1-3H3,(H,26,33)/t23-/m0/s1. The van der Waals surface area contributed by atoms with Crippen molar-refractivity contribution >= 4 is 10.9 Å². The SMILES string of the molecule is CCc1ccc2[nH]c(=O)c(CN(CCCO)[C@H](c3nnnn3C3CCCC3)C(C)C)cc2c1. The third kappa shape index (κ3) is 5.17. The largest absolute Gasteiger partial charge is 0.396 e. The summed E-state index contributed by atoms with van der Waals surface area (Å²) in [6.07, 6.45) is 6.19. The second-order valence-corrected chi connectivity index (χ2v) is 9.56. The van der Waals surface area contributed by atoms with Gasteiger partial charge in [-0.1, -0.05) is 39.7 Å². The number of pyridine rings is 1. The van der Waals surface area contributed by atoms with Crippen molar-refractivity contribution in [3.63, 3.8) is 0 Å². The average Bonchev–Trinajstić information content (AvgIpc) is 3.49. The third-order valence-electron chi connectivity index (χ3n) is 6.85. The van der Waals surface area contributed by atoms with Crippen LogP contribution in [0.2, 0.25) is 0 Å². The summed E-state index contributed by atoms with van der Waals surface area (Å²) in [5, 5.41) is 23.5. The summed E-state index contributed by atoms with van der Waals surface area (Å²) in [4.78, 5) is 18.3. The van der Waals surface area contributed by atoms with E-state index in [0.29, 0.717) is 25.6 Å². The van der Waals surface area contributed by atoms with Gasteiger partial charge in [0, 0.05) is 30.8 Å². The Labute approximate surface area is 195 Å². The number of aromatic nitrogens is 5. The highest BCUT2D eigenvalue weighted by Crippen LogP contribution is 2.34. The van der Waals surface area contributed by atoms with E-state index in [1.165, 1.54) is 18.4 Å². The Balaban J connectivity index is 1.70. The molecule has 1 aliphatic rings. The van der Waals surface area contributed by atoms with Crippen LogP contribution in [0.3, 0.4) is 0 Å². The molecule has 4 rings (SSSR count). The molecule has 2 aromatic heterocycles. The first-order valence-corrected chi connectivity index (χ1v) is 12.3. The van der Waals surface area contributed by atoms with Gasteiger partial charge in [0.2, 0.25) is 0 Å². The molecule has 178 valence electrons. The summed E-state index contributed by atoms with van der Waals surface area (Å²) in [6, 6.07) is 8.49. The first-order valence-electron chi connectivity index (χ1n) is 12.3. The van der Waals surface area contributed by atoms with E-state index in [0.717, 1.165) is 41.6 Å². The fraction of sp³-hybridized carbons (Fsp3) is 0.600.